The van der Waals surface area contributed by atoms with E-state index in [2.05, 4.69) is 44.1 Å². The Hall–Kier alpha value is -2.01. The number of nitrogens with zero attached hydrogens (tertiary/aromatic N) is 1. The van der Waals surface area contributed by atoms with E-state index in [9.17, 15) is 14.7 Å². The van der Waals surface area contributed by atoms with Gasteiger partial charge in [-0.2, -0.15) is 0 Å². The predicted molar refractivity (Wildman–Crippen MR) is 154 cm³/mol. The summed E-state index contributed by atoms with van der Waals surface area (Å²) in [7, 11) is 0. The lowest BCUT2D eigenvalue weighted by Crippen LogP contribution is -2.43. The molecule has 36 heavy (non-hydrogen) atoms. The van der Waals surface area contributed by atoms with Crippen molar-refractivity contribution in [3.63, 3.8) is 0 Å². The van der Waals surface area contributed by atoms with E-state index in [1.165, 1.54) is 11.3 Å². The molecule has 5 nitrogen and oxygen atoms in total. The number of aliphatic hydroxyl groups is 1. The molecule has 4 atom stereocenters. The van der Waals surface area contributed by atoms with Gasteiger partial charge >= 0.3 is 0 Å². The summed E-state index contributed by atoms with van der Waals surface area (Å²) in [4.78, 5) is 29.4. The Kier molecular flexibility index (Phi) is 16.5. The van der Waals surface area contributed by atoms with Crippen LogP contribution in [-0.2, 0) is 9.59 Å². The van der Waals surface area contributed by atoms with Gasteiger partial charge in [0.25, 0.3) is 0 Å². The van der Waals surface area contributed by atoms with E-state index in [-0.39, 0.29) is 29.9 Å². The van der Waals surface area contributed by atoms with Gasteiger partial charge in [-0.3, -0.25) is 14.6 Å². The molecule has 5 heteroatoms. The maximum Gasteiger partial charge on any atom is 0.222 e. The van der Waals surface area contributed by atoms with Crippen LogP contribution in [0.5, 0.6) is 0 Å². The Morgan fingerprint density at radius 2 is 1.86 bits per heavy atom. The molecule has 1 aliphatic rings. The highest BCUT2D eigenvalue weighted by molar-refractivity contribution is 5.87. The lowest BCUT2D eigenvalue weighted by molar-refractivity contribution is -0.139. The average Bonchev–Trinajstić information content (AvgIpc) is 2.81. The van der Waals surface area contributed by atoms with E-state index in [0.717, 1.165) is 37.8 Å². The van der Waals surface area contributed by atoms with Crippen molar-refractivity contribution in [3.8, 4) is 0 Å². The summed E-state index contributed by atoms with van der Waals surface area (Å²) < 4.78 is 0. The molecule has 0 radical (unpaired) electrons. The van der Waals surface area contributed by atoms with Crippen LogP contribution in [0, 0.1) is 23.2 Å². The van der Waals surface area contributed by atoms with E-state index < -0.39 is 11.5 Å². The van der Waals surface area contributed by atoms with Gasteiger partial charge < -0.3 is 10.4 Å². The van der Waals surface area contributed by atoms with Crippen molar-refractivity contribution in [2.24, 2.45) is 28.2 Å². The second kappa shape index (κ2) is 17.4. The number of amides is 1. The summed E-state index contributed by atoms with van der Waals surface area (Å²) in [6, 6.07) is 0. The first-order valence-corrected chi connectivity index (χ1v) is 13.8. The van der Waals surface area contributed by atoms with E-state index in [1.807, 2.05) is 45.9 Å². The van der Waals surface area contributed by atoms with Crippen LogP contribution in [-0.4, -0.2) is 35.2 Å². The van der Waals surface area contributed by atoms with Gasteiger partial charge in [-0.25, -0.2) is 0 Å². The molecule has 0 bridgehead atoms. The van der Waals surface area contributed by atoms with Crippen molar-refractivity contribution < 1.29 is 14.7 Å². The maximum absolute atomic E-state index is 12.8. The standard InChI is InChI=1S/C21H37NO3.C10H17N/c1-14-8-7-9-15(2)11-17(4)20(25)21(5,6)18(23)12-19(24)22-13-16(3)10-14;1-5-8-10(7-3)11-9(4)6-2/h10,15-18,23H,7-9,11-13H2,1-6H3,(H,22,24);5,7-8H,6H2,1-4H3/b14-10-;8-5-,10-7-,11-9?/t15?,16-,17?,18?;/m0./s1. The van der Waals surface area contributed by atoms with Crippen molar-refractivity contribution in [3.05, 3.63) is 35.6 Å². The molecule has 0 aromatic rings. The molecular formula is C31H54N2O3. The zero-order valence-corrected chi connectivity index (χ0v) is 24.8. The minimum absolute atomic E-state index is 0.0313. The highest BCUT2D eigenvalue weighted by Gasteiger charge is 2.39. The Labute approximate surface area is 221 Å². The van der Waals surface area contributed by atoms with Crippen LogP contribution >= 0.6 is 0 Å². The average molecular weight is 503 g/mol. The number of nitrogens with one attached hydrogen (secondary N) is 1. The first-order chi connectivity index (χ1) is 16.8. The minimum atomic E-state index is -0.960. The van der Waals surface area contributed by atoms with E-state index in [1.54, 1.807) is 13.8 Å². The van der Waals surface area contributed by atoms with Gasteiger partial charge in [0.1, 0.15) is 5.78 Å². The van der Waals surface area contributed by atoms with Crippen LogP contribution in [0.15, 0.2) is 40.6 Å². The zero-order valence-electron chi connectivity index (χ0n) is 24.8. The summed E-state index contributed by atoms with van der Waals surface area (Å²) >= 11 is 0. The second-order valence-electron chi connectivity index (χ2n) is 11.1. The molecule has 0 aliphatic carbocycles. The van der Waals surface area contributed by atoms with Gasteiger partial charge in [0, 0.05) is 18.2 Å². The summed E-state index contributed by atoms with van der Waals surface area (Å²) in [5.41, 5.74) is 2.67. The fourth-order valence-corrected chi connectivity index (χ4v) is 4.43. The molecule has 2 N–H and O–H groups in total. The molecule has 0 saturated heterocycles. The number of aliphatic hydroxyl groups excluding tert-OH is 1. The quantitative estimate of drug-likeness (QED) is 0.243. The fraction of sp³-hybridized carbons (Fsp3) is 0.710. The van der Waals surface area contributed by atoms with Crippen molar-refractivity contribution in [1.82, 2.24) is 5.32 Å². The third-order valence-electron chi connectivity index (χ3n) is 6.97. The van der Waals surface area contributed by atoms with Gasteiger partial charge in [0.15, 0.2) is 0 Å². The van der Waals surface area contributed by atoms with Gasteiger partial charge in [0.2, 0.25) is 5.91 Å². The Morgan fingerprint density at radius 3 is 2.42 bits per heavy atom. The number of carbonyl (C=O) groups excluding carboxylic acids is 2. The number of carbonyl (C=O) groups is 2. The molecule has 0 fully saturated rings. The van der Waals surface area contributed by atoms with Gasteiger partial charge in [0.05, 0.1) is 23.6 Å². The van der Waals surface area contributed by atoms with Crippen LogP contribution in [0.4, 0.5) is 0 Å². The largest absolute Gasteiger partial charge is 0.392 e. The molecular weight excluding hydrogens is 448 g/mol. The van der Waals surface area contributed by atoms with Gasteiger partial charge in [-0.1, -0.05) is 71.8 Å². The topological polar surface area (TPSA) is 78.8 Å². The summed E-state index contributed by atoms with van der Waals surface area (Å²) in [5, 5.41) is 13.4. The highest BCUT2D eigenvalue weighted by atomic mass is 16.3. The number of rotatable bonds is 3. The van der Waals surface area contributed by atoms with E-state index in [4.69, 9.17) is 0 Å². The number of hydrogen-bond acceptors (Lipinski definition) is 4. The molecule has 1 amide bonds. The number of hydrogen-bond donors (Lipinski definition) is 2. The van der Waals surface area contributed by atoms with E-state index >= 15 is 0 Å². The Morgan fingerprint density at radius 1 is 1.22 bits per heavy atom. The van der Waals surface area contributed by atoms with E-state index in [0.29, 0.717) is 12.5 Å². The van der Waals surface area contributed by atoms with Gasteiger partial charge in [-0.15, -0.1) is 0 Å². The minimum Gasteiger partial charge on any atom is -0.392 e. The SMILES string of the molecule is C/C1=C/[C@H](C)CNC(=O)CC(O)C(C)(C)C(=O)C(C)CC(C)CCC1.C/C=C\C(=C\C)N=C(C)CC. The molecule has 1 aliphatic heterocycles. The molecule has 1 rings (SSSR count). The van der Waals surface area contributed by atoms with Crippen LogP contribution in [0.2, 0.25) is 0 Å². The molecule has 0 aromatic carbocycles. The lowest BCUT2D eigenvalue weighted by Gasteiger charge is -2.32. The lowest BCUT2D eigenvalue weighted by atomic mass is 9.74. The summed E-state index contributed by atoms with van der Waals surface area (Å²) in [6.45, 7) is 20.6. The Balaban J connectivity index is 0.000000935. The van der Waals surface area contributed by atoms with Crippen LogP contribution < -0.4 is 5.32 Å². The van der Waals surface area contributed by atoms with Crippen LogP contribution in [0.1, 0.15) is 108 Å². The molecule has 0 saturated carbocycles. The fourth-order valence-electron chi connectivity index (χ4n) is 4.43. The zero-order chi connectivity index (χ0) is 27.9. The molecule has 0 spiro atoms. The Bertz CT molecular complexity index is 805. The predicted octanol–water partition coefficient (Wildman–Crippen LogP) is 7.21. The molecule has 206 valence electrons. The molecule has 1 heterocycles. The smallest absolute Gasteiger partial charge is 0.222 e. The highest BCUT2D eigenvalue weighted by Crippen LogP contribution is 2.31. The summed E-state index contributed by atoms with van der Waals surface area (Å²) in [5.74, 6) is 0.497. The maximum atomic E-state index is 12.8. The third-order valence-corrected chi connectivity index (χ3v) is 6.97. The second-order valence-corrected chi connectivity index (χ2v) is 11.1. The monoisotopic (exact) mass is 502 g/mol. The van der Waals surface area contributed by atoms with Crippen molar-refractivity contribution in [1.29, 1.82) is 0 Å². The molecule has 0 aromatic heterocycles. The number of allylic oxidation sites excluding steroid dienone is 4. The van der Waals surface area contributed by atoms with Crippen molar-refractivity contribution >= 4 is 17.4 Å². The number of Topliss-reactive ketones (excluding diaryl/α,β-unsaturated/α-hetero) is 1. The molecule has 3 unspecified atom stereocenters. The number of aliphatic imine (C=N–C) groups is 1. The third kappa shape index (κ3) is 13.3. The first-order valence-electron chi connectivity index (χ1n) is 13.8. The first kappa shape index (κ1) is 34.0. The van der Waals surface area contributed by atoms with Crippen molar-refractivity contribution in [2.45, 2.75) is 114 Å². The van der Waals surface area contributed by atoms with Crippen molar-refractivity contribution in [2.75, 3.05) is 6.54 Å². The van der Waals surface area contributed by atoms with Crippen LogP contribution in [0.3, 0.4) is 0 Å². The van der Waals surface area contributed by atoms with Crippen LogP contribution in [0.25, 0.3) is 0 Å². The normalized spacial score (nSPS) is 29.1. The summed E-state index contributed by atoms with van der Waals surface area (Å²) in [6.07, 6.45) is 12.4. The number of ketones is 1. The van der Waals surface area contributed by atoms with Gasteiger partial charge in [-0.05, 0) is 71.3 Å².